The first-order valence-corrected chi connectivity index (χ1v) is 8.75. The summed E-state index contributed by atoms with van der Waals surface area (Å²) < 4.78 is 4.85. The van der Waals surface area contributed by atoms with E-state index in [2.05, 4.69) is 10.6 Å². The van der Waals surface area contributed by atoms with Crippen molar-refractivity contribution in [1.82, 2.24) is 10.6 Å². The highest BCUT2D eigenvalue weighted by atomic mass is 32.1. The van der Waals surface area contributed by atoms with Crippen LogP contribution in [0.5, 0.6) is 0 Å². The molecule has 1 aliphatic carbocycles. The molecule has 0 saturated heterocycles. The first kappa shape index (κ1) is 17.5. The lowest BCUT2D eigenvalue weighted by atomic mass is 9.89. The van der Waals surface area contributed by atoms with Gasteiger partial charge in [0.05, 0.1) is 6.54 Å². The van der Waals surface area contributed by atoms with Crippen LogP contribution in [0, 0.1) is 5.92 Å². The maximum absolute atomic E-state index is 11.9. The predicted octanol–water partition coefficient (Wildman–Crippen LogP) is 1.60. The number of carbonyl (C=O) groups excluding carboxylic acids is 3. The molecular formula is C16H22N2O4S. The number of carbonyl (C=O) groups is 3. The Balaban J connectivity index is 1.57. The molecule has 126 valence electrons. The number of thiophene rings is 1. The van der Waals surface area contributed by atoms with Crippen LogP contribution in [0.3, 0.4) is 0 Å². The second-order valence-corrected chi connectivity index (χ2v) is 6.60. The van der Waals surface area contributed by atoms with E-state index in [1.807, 2.05) is 17.5 Å². The summed E-state index contributed by atoms with van der Waals surface area (Å²) in [4.78, 5) is 36.0. The second kappa shape index (κ2) is 9.29. The van der Waals surface area contributed by atoms with Crippen LogP contribution in [0.1, 0.15) is 37.0 Å². The van der Waals surface area contributed by atoms with Gasteiger partial charge >= 0.3 is 5.97 Å². The molecule has 0 aromatic carbocycles. The summed E-state index contributed by atoms with van der Waals surface area (Å²) in [5, 5.41) is 7.18. The smallest absolute Gasteiger partial charge is 0.325 e. The van der Waals surface area contributed by atoms with Crippen molar-refractivity contribution < 1.29 is 19.1 Å². The fourth-order valence-electron chi connectivity index (χ4n) is 2.52. The van der Waals surface area contributed by atoms with Crippen LogP contribution in [0.25, 0.3) is 0 Å². The Morgan fingerprint density at radius 3 is 2.65 bits per heavy atom. The van der Waals surface area contributed by atoms with Gasteiger partial charge in [-0.2, -0.15) is 0 Å². The van der Waals surface area contributed by atoms with E-state index in [9.17, 15) is 14.4 Å². The zero-order valence-corrected chi connectivity index (χ0v) is 13.8. The topological polar surface area (TPSA) is 84.5 Å². The largest absolute Gasteiger partial charge is 0.454 e. The standard InChI is InChI=1S/C16H22N2O4S/c19-14(17-9-13-7-4-8-23-13)11-22-15(20)10-18-16(21)12-5-2-1-3-6-12/h4,7-8,12H,1-3,5-6,9-11H2,(H,17,19)(H,18,21). The number of ether oxygens (including phenoxy) is 1. The monoisotopic (exact) mass is 338 g/mol. The molecule has 0 bridgehead atoms. The molecule has 0 unspecified atom stereocenters. The molecule has 2 N–H and O–H groups in total. The van der Waals surface area contributed by atoms with Gasteiger partial charge in [0.15, 0.2) is 6.61 Å². The minimum atomic E-state index is -0.597. The fourth-order valence-corrected chi connectivity index (χ4v) is 3.16. The second-order valence-electron chi connectivity index (χ2n) is 5.57. The molecule has 23 heavy (non-hydrogen) atoms. The normalized spacial score (nSPS) is 15.0. The van der Waals surface area contributed by atoms with Gasteiger partial charge in [0, 0.05) is 10.8 Å². The van der Waals surface area contributed by atoms with Crippen molar-refractivity contribution >= 4 is 29.1 Å². The molecule has 0 aliphatic heterocycles. The number of esters is 1. The molecular weight excluding hydrogens is 316 g/mol. The third-order valence-electron chi connectivity index (χ3n) is 3.79. The van der Waals surface area contributed by atoms with Crippen molar-refractivity contribution in [3.05, 3.63) is 22.4 Å². The van der Waals surface area contributed by atoms with E-state index in [0.717, 1.165) is 30.6 Å². The quantitative estimate of drug-likeness (QED) is 0.740. The van der Waals surface area contributed by atoms with Gasteiger partial charge < -0.3 is 15.4 Å². The van der Waals surface area contributed by atoms with Gasteiger partial charge in [-0.3, -0.25) is 14.4 Å². The van der Waals surface area contributed by atoms with Gasteiger partial charge in [-0.1, -0.05) is 25.3 Å². The number of hydrogen-bond acceptors (Lipinski definition) is 5. The average molecular weight is 338 g/mol. The minimum Gasteiger partial charge on any atom is -0.454 e. The minimum absolute atomic E-state index is 0.00523. The lowest BCUT2D eigenvalue weighted by Crippen LogP contribution is -2.37. The van der Waals surface area contributed by atoms with Gasteiger partial charge in [-0.15, -0.1) is 11.3 Å². The van der Waals surface area contributed by atoms with Gasteiger partial charge in [0.25, 0.3) is 5.91 Å². The molecule has 2 rings (SSSR count). The van der Waals surface area contributed by atoms with Crippen LogP contribution in [0.15, 0.2) is 17.5 Å². The molecule has 1 fully saturated rings. The van der Waals surface area contributed by atoms with Crippen molar-refractivity contribution in [2.75, 3.05) is 13.2 Å². The molecule has 6 nitrogen and oxygen atoms in total. The van der Waals surface area contributed by atoms with Crippen molar-refractivity contribution in [3.63, 3.8) is 0 Å². The summed E-state index contributed by atoms with van der Waals surface area (Å²) in [7, 11) is 0. The van der Waals surface area contributed by atoms with Crippen LogP contribution < -0.4 is 10.6 Å². The Morgan fingerprint density at radius 1 is 1.17 bits per heavy atom. The molecule has 1 aliphatic rings. The summed E-state index contributed by atoms with van der Waals surface area (Å²) in [6.45, 7) is -0.0937. The molecule has 1 aromatic rings. The Kier molecular flexibility index (Phi) is 7.06. The van der Waals surface area contributed by atoms with Crippen LogP contribution in [-0.4, -0.2) is 30.9 Å². The van der Waals surface area contributed by atoms with Crippen molar-refractivity contribution in [1.29, 1.82) is 0 Å². The highest BCUT2D eigenvalue weighted by Crippen LogP contribution is 2.23. The third-order valence-corrected chi connectivity index (χ3v) is 4.66. The lowest BCUT2D eigenvalue weighted by Gasteiger charge is -2.20. The van der Waals surface area contributed by atoms with Crippen molar-refractivity contribution in [2.45, 2.75) is 38.6 Å². The van der Waals surface area contributed by atoms with Gasteiger partial charge in [0.2, 0.25) is 5.91 Å². The first-order chi connectivity index (χ1) is 11.1. The Hall–Kier alpha value is -1.89. The first-order valence-electron chi connectivity index (χ1n) is 7.87. The van der Waals surface area contributed by atoms with Gasteiger partial charge in [0.1, 0.15) is 6.54 Å². The number of amides is 2. The van der Waals surface area contributed by atoms with Crippen molar-refractivity contribution in [2.24, 2.45) is 5.92 Å². The predicted molar refractivity (Wildman–Crippen MR) is 86.7 cm³/mol. The van der Waals surface area contributed by atoms with E-state index in [4.69, 9.17) is 4.74 Å². The van der Waals surface area contributed by atoms with E-state index < -0.39 is 5.97 Å². The van der Waals surface area contributed by atoms with Gasteiger partial charge in [-0.05, 0) is 24.3 Å². The lowest BCUT2D eigenvalue weighted by molar-refractivity contribution is -0.148. The number of hydrogen-bond donors (Lipinski definition) is 2. The average Bonchev–Trinajstić information content (AvgIpc) is 3.10. The fraction of sp³-hybridized carbons (Fsp3) is 0.562. The molecule has 0 radical (unpaired) electrons. The van der Waals surface area contributed by atoms with Crippen molar-refractivity contribution in [3.8, 4) is 0 Å². The van der Waals surface area contributed by atoms with Crippen LogP contribution in [0.4, 0.5) is 0 Å². The molecule has 0 atom stereocenters. The maximum Gasteiger partial charge on any atom is 0.325 e. The molecule has 7 heteroatoms. The van der Waals surface area contributed by atoms with Crippen LogP contribution in [-0.2, 0) is 25.7 Å². The Morgan fingerprint density at radius 2 is 1.96 bits per heavy atom. The third kappa shape index (κ3) is 6.40. The summed E-state index contributed by atoms with van der Waals surface area (Å²) in [5.74, 6) is -1.04. The molecule has 1 heterocycles. The molecule has 1 aromatic heterocycles. The zero-order valence-electron chi connectivity index (χ0n) is 13.0. The highest BCUT2D eigenvalue weighted by Gasteiger charge is 2.21. The van der Waals surface area contributed by atoms with Gasteiger partial charge in [-0.25, -0.2) is 0 Å². The van der Waals surface area contributed by atoms with Crippen LogP contribution in [0.2, 0.25) is 0 Å². The number of rotatable bonds is 7. The zero-order chi connectivity index (χ0) is 16.5. The molecule has 2 amide bonds. The van der Waals surface area contributed by atoms with E-state index in [1.165, 1.54) is 6.42 Å². The highest BCUT2D eigenvalue weighted by molar-refractivity contribution is 7.09. The van der Waals surface area contributed by atoms with Crippen LogP contribution >= 0.6 is 11.3 Å². The summed E-state index contributed by atoms with van der Waals surface area (Å²) >= 11 is 1.54. The Bertz CT molecular complexity index is 524. The summed E-state index contributed by atoms with van der Waals surface area (Å²) in [5.41, 5.74) is 0. The van der Waals surface area contributed by atoms with E-state index in [0.29, 0.717) is 6.54 Å². The maximum atomic E-state index is 11.9. The summed E-state index contributed by atoms with van der Waals surface area (Å²) in [6.07, 6.45) is 5.06. The SMILES string of the molecule is O=C(COC(=O)CNC(=O)C1CCCCC1)NCc1cccs1. The van der Waals surface area contributed by atoms with E-state index in [1.54, 1.807) is 11.3 Å². The Labute approximate surface area is 139 Å². The molecule has 1 saturated carbocycles. The van der Waals surface area contributed by atoms with E-state index >= 15 is 0 Å². The molecule has 0 spiro atoms. The number of nitrogens with one attached hydrogen (secondary N) is 2. The summed E-state index contributed by atoms with van der Waals surface area (Å²) in [6, 6.07) is 3.82. The van der Waals surface area contributed by atoms with E-state index in [-0.39, 0.29) is 30.9 Å².